The van der Waals surface area contributed by atoms with Crippen molar-refractivity contribution in [2.24, 2.45) is 0 Å². The van der Waals surface area contributed by atoms with Crippen LogP contribution in [0.5, 0.6) is 0 Å². The van der Waals surface area contributed by atoms with E-state index in [2.05, 4.69) is 15.6 Å². The standard InChI is InChI=1S/C24H17F3N4O3.Na/c1-28-22(32)16-4-2-14(3-5-16)17-10-18(23(33)34)12-20(11-17)31-13-21(29-30-31)15-6-8-19(9-7-15)24(25,26)27;/h2-13H,1H3,(H,28,32)(H,33,34);/q;+1/p-1. The van der Waals surface area contributed by atoms with Gasteiger partial charge in [0.1, 0.15) is 5.69 Å². The van der Waals surface area contributed by atoms with Gasteiger partial charge in [-0.05, 0) is 59.2 Å². The first-order valence-corrected chi connectivity index (χ1v) is 9.95. The van der Waals surface area contributed by atoms with Gasteiger partial charge in [-0.15, -0.1) is 5.10 Å². The minimum Gasteiger partial charge on any atom is -0.545 e. The zero-order chi connectivity index (χ0) is 24.5. The summed E-state index contributed by atoms with van der Waals surface area (Å²) in [5, 5.41) is 22.1. The van der Waals surface area contributed by atoms with Crippen LogP contribution >= 0.6 is 0 Å². The molecule has 0 fully saturated rings. The second kappa shape index (κ2) is 10.4. The van der Waals surface area contributed by atoms with Crippen molar-refractivity contribution in [2.75, 3.05) is 7.05 Å². The van der Waals surface area contributed by atoms with Crippen LogP contribution in [0.3, 0.4) is 0 Å². The summed E-state index contributed by atoms with van der Waals surface area (Å²) in [4.78, 5) is 23.3. The maximum Gasteiger partial charge on any atom is 1.00 e. The first-order chi connectivity index (χ1) is 16.2. The number of rotatable bonds is 5. The van der Waals surface area contributed by atoms with E-state index in [1.807, 2.05) is 0 Å². The van der Waals surface area contributed by atoms with E-state index in [-0.39, 0.29) is 41.0 Å². The Balaban J connectivity index is 0.00000342. The molecule has 0 aliphatic rings. The second-order valence-electron chi connectivity index (χ2n) is 7.34. The molecule has 0 bridgehead atoms. The van der Waals surface area contributed by atoms with Gasteiger partial charge in [-0.2, -0.15) is 13.2 Å². The van der Waals surface area contributed by atoms with Crippen LogP contribution in [0.4, 0.5) is 13.2 Å². The van der Waals surface area contributed by atoms with E-state index in [4.69, 9.17) is 0 Å². The molecule has 4 rings (SSSR count). The molecule has 7 nitrogen and oxygen atoms in total. The Morgan fingerprint density at radius 2 is 1.51 bits per heavy atom. The molecule has 0 aliphatic heterocycles. The Kier molecular flexibility index (Phi) is 7.79. The monoisotopic (exact) mass is 488 g/mol. The first kappa shape index (κ1) is 26.1. The number of carbonyl (C=O) groups excluding carboxylic acids is 2. The molecule has 0 saturated heterocycles. The van der Waals surface area contributed by atoms with Crippen molar-refractivity contribution in [3.63, 3.8) is 0 Å². The number of hydrogen-bond donors (Lipinski definition) is 1. The van der Waals surface area contributed by atoms with E-state index in [0.29, 0.717) is 33.6 Å². The molecule has 3 aromatic carbocycles. The van der Waals surface area contributed by atoms with Crippen LogP contribution in [-0.2, 0) is 6.18 Å². The van der Waals surface area contributed by atoms with Crippen molar-refractivity contribution in [3.8, 4) is 28.1 Å². The Morgan fingerprint density at radius 1 is 0.886 bits per heavy atom. The van der Waals surface area contributed by atoms with Gasteiger partial charge in [-0.1, -0.05) is 29.5 Å². The fourth-order valence-electron chi connectivity index (χ4n) is 3.34. The van der Waals surface area contributed by atoms with Crippen molar-refractivity contribution in [1.82, 2.24) is 20.3 Å². The number of hydrogen-bond acceptors (Lipinski definition) is 5. The van der Waals surface area contributed by atoms with Crippen LogP contribution in [0.15, 0.2) is 72.9 Å². The normalized spacial score (nSPS) is 11.0. The van der Waals surface area contributed by atoms with Gasteiger partial charge >= 0.3 is 35.7 Å². The van der Waals surface area contributed by atoms with Crippen LogP contribution in [0.1, 0.15) is 26.3 Å². The summed E-state index contributed by atoms with van der Waals surface area (Å²) in [7, 11) is 1.52. The molecule has 1 heterocycles. The van der Waals surface area contributed by atoms with E-state index in [9.17, 15) is 27.9 Å². The Hall–Kier alpha value is -3.47. The number of aromatic carboxylic acids is 1. The number of halogens is 3. The minimum atomic E-state index is -4.45. The largest absolute Gasteiger partial charge is 1.00 e. The molecule has 1 amide bonds. The zero-order valence-corrected chi connectivity index (χ0v) is 20.6. The summed E-state index contributed by atoms with van der Waals surface area (Å²) in [6.45, 7) is 0. The van der Waals surface area contributed by atoms with Gasteiger partial charge in [0.25, 0.3) is 5.91 Å². The van der Waals surface area contributed by atoms with Crippen molar-refractivity contribution in [1.29, 1.82) is 0 Å². The number of carbonyl (C=O) groups is 2. The molecule has 1 N–H and O–H groups in total. The van der Waals surface area contributed by atoms with Gasteiger partial charge in [0.05, 0.1) is 23.4 Å². The number of benzene rings is 3. The molecule has 35 heavy (non-hydrogen) atoms. The Bertz CT molecular complexity index is 1370. The van der Waals surface area contributed by atoms with Crippen LogP contribution in [0.25, 0.3) is 28.1 Å². The third-order valence-corrected chi connectivity index (χ3v) is 5.13. The van der Waals surface area contributed by atoms with E-state index in [0.717, 1.165) is 12.1 Å². The van der Waals surface area contributed by atoms with Crippen LogP contribution in [0, 0.1) is 0 Å². The SMILES string of the molecule is CNC(=O)c1ccc(-c2cc(C(=O)[O-])cc(-n3cc(-c4ccc(C(F)(F)F)cc4)nn3)c2)cc1.[Na+]. The predicted octanol–water partition coefficient (Wildman–Crippen LogP) is 0.347. The number of amides is 1. The number of nitrogens with zero attached hydrogens (tertiary/aromatic N) is 3. The number of carboxylic acids is 1. The maximum absolute atomic E-state index is 12.8. The summed E-state index contributed by atoms with van der Waals surface area (Å²) in [6.07, 6.45) is -2.97. The molecule has 0 saturated carbocycles. The number of alkyl halides is 3. The molecule has 4 aromatic rings. The second-order valence-corrected chi connectivity index (χ2v) is 7.34. The van der Waals surface area contributed by atoms with Crippen molar-refractivity contribution < 1.29 is 57.4 Å². The average molecular weight is 488 g/mol. The average Bonchev–Trinajstić information content (AvgIpc) is 3.33. The molecule has 1 aromatic heterocycles. The summed E-state index contributed by atoms with van der Waals surface area (Å²) in [6, 6.07) is 15.5. The Labute approximate surface area is 219 Å². The summed E-state index contributed by atoms with van der Waals surface area (Å²) in [5.74, 6) is -1.65. The number of nitrogens with one attached hydrogen (secondary N) is 1. The smallest absolute Gasteiger partial charge is 0.545 e. The molecule has 0 radical (unpaired) electrons. The quantitative estimate of drug-likeness (QED) is 0.409. The summed E-state index contributed by atoms with van der Waals surface area (Å²) < 4.78 is 39.7. The molecule has 0 aliphatic carbocycles. The molecule has 0 atom stereocenters. The van der Waals surface area contributed by atoms with Crippen LogP contribution in [-0.4, -0.2) is 33.9 Å². The molecular weight excluding hydrogens is 472 g/mol. The van der Waals surface area contributed by atoms with Gasteiger partial charge in [-0.3, -0.25) is 4.79 Å². The van der Waals surface area contributed by atoms with E-state index < -0.39 is 17.7 Å². The Morgan fingerprint density at radius 3 is 2.09 bits per heavy atom. The summed E-state index contributed by atoms with van der Waals surface area (Å²) >= 11 is 0. The molecule has 11 heteroatoms. The van der Waals surface area contributed by atoms with Gasteiger partial charge < -0.3 is 15.2 Å². The molecule has 172 valence electrons. The van der Waals surface area contributed by atoms with Crippen LogP contribution < -0.4 is 40.0 Å². The zero-order valence-electron chi connectivity index (χ0n) is 18.6. The van der Waals surface area contributed by atoms with E-state index in [1.165, 1.54) is 42.2 Å². The maximum atomic E-state index is 12.8. The predicted molar refractivity (Wildman–Crippen MR) is 115 cm³/mol. The topological polar surface area (TPSA) is 99.9 Å². The van der Waals surface area contributed by atoms with Crippen molar-refractivity contribution in [2.45, 2.75) is 6.18 Å². The first-order valence-electron chi connectivity index (χ1n) is 9.95. The third-order valence-electron chi connectivity index (χ3n) is 5.13. The summed E-state index contributed by atoms with van der Waals surface area (Å²) in [5.41, 5.74) is 1.83. The molecule has 0 unspecified atom stereocenters. The van der Waals surface area contributed by atoms with Crippen molar-refractivity contribution >= 4 is 11.9 Å². The fourth-order valence-corrected chi connectivity index (χ4v) is 3.34. The fraction of sp³-hybridized carbons (Fsp3) is 0.0833. The van der Waals surface area contributed by atoms with Gasteiger partial charge in [0.15, 0.2) is 0 Å². The molecular formula is C24H16F3N4NaO3. The minimum absolute atomic E-state index is 0. The van der Waals surface area contributed by atoms with E-state index >= 15 is 0 Å². The number of carboxylic acid groups (broad SMARTS) is 1. The third kappa shape index (κ3) is 5.79. The van der Waals surface area contributed by atoms with Gasteiger partial charge in [0, 0.05) is 18.2 Å². The van der Waals surface area contributed by atoms with Gasteiger partial charge in [-0.25, -0.2) is 4.68 Å². The van der Waals surface area contributed by atoms with Crippen molar-refractivity contribution in [3.05, 3.63) is 89.6 Å². The van der Waals surface area contributed by atoms with Gasteiger partial charge in [0.2, 0.25) is 0 Å². The molecule has 0 spiro atoms. The van der Waals surface area contributed by atoms with Crippen LogP contribution in [0.2, 0.25) is 0 Å². The number of aromatic nitrogens is 3. The van der Waals surface area contributed by atoms with E-state index in [1.54, 1.807) is 30.3 Å².